The van der Waals surface area contributed by atoms with E-state index >= 15 is 0 Å². The number of fused-ring (bicyclic) bond motifs is 3. The van der Waals surface area contributed by atoms with Gasteiger partial charge in [-0.05, 0) is 35.0 Å². The van der Waals surface area contributed by atoms with Crippen molar-refractivity contribution in [3.63, 3.8) is 0 Å². The van der Waals surface area contributed by atoms with Gasteiger partial charge in [0.1, 0.15) is 11.4 Å². The van der Waals surface area contributed by atoms with Gasteiger partial charge in [-0.25, -0.2) is 4.39 Å². The SMILES string of the molecule is CC(=O)Nc1cc(NC(=O)Cc2coc3ccc4ccccc4c23)ccc1F. The topological polar surface area (TPSA) is 71.3 Å². The number of hydrogen-bond donors (Lipinski definition) is 2. The molecule has 2 amide bonds. The summed E-state index contributed by atoms with van der Waals surface area (Å²) < 4.78 is 19.4. The highest BCUT2D eigenvalue weighted by Crippen LogP contribution is 2.30. The molecule has 0 saturated carbocycles. The van der Waals surface area contributed by atoms with Crippen LogP contribution in [-0.4, -0.2) is 11.8 Å². The predicted octanol–water partition coefficient (Wildman–Crippen LogP) is 4.86. The van der Waals surface area contributed by atoms with E-state index in [0.717, 1.165) is 27.3 Å². The van der Waals surface area contributed by atoms with Gasteiger partial charge in [-0.15, -0.1) is 0 Å². The number of anilines is 2. The highest BCUT2D eigenvalue weighted by molar-refractivity contribution is 6.09. The summed E-state index contributed by atoms with van der Waals surface area (Å²) in [7, 11) is 0. The fourth-order valence-electron chi connectivity index (χ4n) is 3.27. The summed E-state index contributed by atoms with van der Waals surface area (Å²) >= 11 is 0. The molecule has 0 aliphatic carbocycles. The third-order valence-corrected chi connectivity index (χ3v) is 4.45. The second-order valence-electron chi connectivity index (χ2n) is 6.52. The van der Waals surface area contributed by atoms with Crippen molar-refractivity contribution in [3.8, 4) is 0 Å². The molecule has 0 atom stereocenters. The zero-order valence-electron chi connectivity index (χ0n) is 15.1. The van der Waals surface area contributed by atoms with Crippen LogP contribution in [0, 0.1) is 5.82 Å². The molecule has 0 aliphatic rings. The van der Waals surface area contributed by atoms with Gasteiger partial charge in [0.05, 0.1) is 18.4 Å². The van der Waals surface area contributed by atoms with Crippen molar-refractivity contribution in [1.82, 2.24) is 0 Å². The van der Waals surface area contributed by atoms with Crippen LogP contribution >= 0.6 is 0 Å². The minimum Gasteiger partial charge on any atom is -0.464 e. The van der Waals surface area contributed by atoms with Gasteiger partial charge in [-0.2, -0.15) is 0 Å². The minimum absolute atomic E-state index is 0.0186. The van der Waals surface area contributed by atoms with E-state index in [2.05, 4.69) is 10.6 Å². The third kappa shape index (κ3) is 3.44. The molecule has 6 heteroatoms. The molecule has 0 spiro atoms. The summed E-state index contributed by atoms with van der Waals surface area (Å²) in [6.07, 6.45) is 1.69. The molecular formula is C22H17FN2O3. The molecule has 28 heavy (non-hydrogen) atoms. The van der Waals surface area contributed by atoms with Gasteiger partial charge >= 0.3 is 0 Å². The maximum atomic E-state index is 13.8. The van der Waals surface area contributed by atoms with E-state index in [1.807, 2.05) is 36.4 Å². The molecule has 5 nitrogen and oxygen atoms in total. The maximum Gasteiger partial charge on any atom is 0.228 e. The lowest BCUT2D eigenvalue weighted by Crippen LogP contribution is -2.15. The van der Waals surface area contributed by atoms with Crippen LogP contribution in [0.15, 0.2) is 65.3 Å². The summed E-state index contributed by atoms with van der Waals surface area (Å²) in [5, 5.41) is 8.13. The van der Waals surface area contributed by atoms with Crippen molar-refractivity contribution < 1.29 is 18.4 Å². The first-order valence-corrected chi connectivity index (χ1v) is 8.76. The Morgan fingerprint density at radius 1 is 1.04 bits per heavy atom. The molecule has 1 heterocycles. The lowest BCUT2D eigenvalue weighted by atomic mass is 10.0. The summed E-state index contributed by atoms with van der Waals surface area (Å²) in [6.45, 7) is 1.29. The van der Waals surface area contributed by atoms with Crippen molar-refractivity contribution >= 4 is 44.9 Å². The van der Waals surface area contributed by atoms with E-state index < -0.39 is 5.82 Å². The Morgan fingerprint density at radius 3 is 2.68 bits per heavy atom. The number of carbonyl (C=O) groups is 2. The van der Waals surface area contributed by atoms with Gasteiger partial charge in [0.25, 0.3) is 0 Å². The van der Waals surface area contributed by atoms with E-state index in [0.29, 0.717) is 5.69 Å². The Hall–Kier alpha value is -3.67. The van der Waals surface area contributed by atoms with Crippen LogP contribution in [0.2, 0.25) is 0 Å². The van der Waals surface area contributed by atoms with Gasteiger partial charge < -0.3 is 15.1 Å². The molecule has 4 rings (SSSR count). The molecule has 4 aromatic rings. The first kappa shape index (κ1) is 17.7. The summed E-state index contributed by atoms with van der Waals surface area (Å²) in [4.78, 5) is 23.7. The number of carbonyl (C=O) groups excluding carboxylic acids is 2. The molecule has 140 valence electrons. The Morgan fingerprint density at radius 2 is 1.86 bits per heavy atom. The van der Waals surface area contributed by atoms with Crippen LogP contribution in [0.3, 0.4) is 0 Å². The average molecular weight is 376 g/mol. The Kier molecular flexibility index (Phi) is 4.53. The molecule has 0 unspecified atom stereocenters. The molecular weight excluding hydrogens is 359 g/mol. The lowest BCUT2D eigenvalue weighted by molar-refractivity contribution is -0.115. The maximum absolute atomic E-state index is 13.8. The van der Waals surface area contributed by atoms with Crippen LogP contribution in [0.1, 0.15) is 12.5 Å². The van der Waals surface area contributed by atoms with Gasteiger partial charge in [-0.3, -0.25) is 9.59 Å². The molecule has 1 aromatic heterocycles. The van der Waals surface area contributed by atoms with Crippen molar-refractivity contribution in [2.75, 3.05) is 10.6 Å². The zero-order valence-corrected chi connectivity index (χ0v) is 15.1. The summed E-state index contributed by atoms with van der Waals surface area (Å²) in [5.41, 5.74) is 1.91. The van der Waals surface area contributed by atoms with Crippen LogP contribution in [-0.2, 0) is 16.0 Å². The van der Waals surface area contributed by atoms with Gasteiger partial charge in [0.2, 0.25) is 11.8 Å². The van der Waals surface area contributed by atoms with E-state index in [4.69, 9.17) is 4.42 Å². The van der Waals surface area contributed by atoms with Crippen LogP contribution < -0.4 is 10.6 Å². The fraction of sp³-hybridized carbons (Fsp3) is 0.0909. The van der Waals surface area contributed by atoms with Gasteiger partial charge in [0.15, 0.2) is 0 Å². The summed E-state index contributed by atoms with van der Waals surface area (Å²) in [6, 6.07) is 15.8. The minimum atomic E-state index is -0.569. The van der Waals surface area contributed by atoms with Gasteiger partial charge in [0, 0.05) is 23.6 Å². The van der Waals surface area contributed by atoms with Crippen LogP contribution in [0.5, 0.6) is 0 Å². The molecule has 2 N–H and O–H groups in total. The monoisotopic (exact) mass is 376 g/mol. The average Bonchev–Trinajstić information content (AvgIpc) is 3.07. The fourth-order valence-corrected chi connectivity index (χ4v) is 3.27. The largest absolute Gasteiger partial charge is 0.464 e. The number of halogens is 1. The lowest BCUT2D eigenvalue weighted by Gasteiger charge is -2.09. The molecule has 0 radical (unpaired) electrons. The Balaban J connectivity index is 1.59. The molecule has 0 saturated heterocycles. The van der Waals surface area contributed by atoms with Crippen LogP contribution in [0.25, 0.3) is 21.7 Å². The number of hydrogen-bond acceptors (Lipinski definition) is 3. The Labute approximate surface area is 160 Å². The summed E-state index contributed by atoms with van der Waals surface area (Å²) in [5.74, 6) is -1.23. The number of rotatable bonds is 4. The molecule has 0 bridgehead atoms. The normalized spacial score (nSPS) is 10.9. The van der Waals surface area contributed by atoms with Crippen LogP contribution in [0.4, 0.5) is 15.8 Å². The smallest absolute Gasteiger partial charge is 0.228 e. The van der Waals surface area contributed by atoms with Crippen molar-refractivity contribution in [1.29, 1.82) is 0 Å². The second-order valence-corrected chi connectivity index (χ2v) is 6.52. The Bertz CT molecular complexity index is 1210. The van der Waals surface area contributed by atoms with Crippen molar-refractivity contribution in [2.24, 2.45) is 0 Å². The quantitative estimate of drug-likeness (QED) is 0.534. The number of amides is 2. The highest BCUT2D eigenvalue weighted by atomic mass is 19.1. The van der Waals surface area contributed by atoms with E-state index in [9.17, 15) is 14.0 Å². The first-order chi connectivity index (χ1) is 13.5. The van der Waals surface area contributed by atoms with E-state index in [-0.39, 0.29) is 23.9 Å². The highest BCUT2D eigenvalue weighted by Gasteiger charge is 2.14. The number of furan rings is 1. The van der Waals surface area contributed by atoms with Gasteiger partial charge in [-0.1, -0.05) is 30.3 Å². The van der Waals surface area contributed by atoms with Crippen molar-refractivity contribution in [2.45, 2.75) is 13.3 Å². The van der Waals surface area contributed by atoms with E-state index in [1.54, 1.807) is 6.26 Å². The third-order valence-electron chi connectivity index (χ3n) is 4.45. The molecule has 3 aromatic carbocycles. The van der Waals surface area contributed by atoms with E-state index in [1.165, 1.54) is 25.1 Å². The molecule has 0 fully saturated rings. The second kappa shape index (κ2) is 7.15. The number of nitrogens with one attached hydrogen (secondary N) is 2. The zero-order chi connectivity index (χ0) is 19.7. The first-order valence-electron chi connectivity index (χ1n) is 8.76. The predicted molar refractivity (Wildman–Crippen MR) is 107 cm³/mol. The number of benzene rings is 3. The standard InChI is InChI=1S/C22H17FN2O3/c1-13(26)24-19-11-16(7-8-18(19)23)25-21(27)10-15-12-28-20-9-6-14-4-2-3-5-17(14)22(15)20/h2-9,11-12H,10H2,1H3,(H,24,26)(H,25,27). The van der Waals surface area contributed by atoms with Crippen molar-refractivity contribution in [3.05, 3.63) is 72.2 Å². The molecule has 0 aliphatic heterocycles.